The van der Waals surface area contributed by atoms with Crippen LogP contribution in [0.15, 0.2) is 24.3 Å². The first kappa shape index (κ1) is 14.4. The van der Waals surface area contributed by atoms with Crippen LogP contribution in [0, 0.1) is 5.92 Å². The second kappa shape index (κ2) is 6.92. The van der Waals surface area contributed by atoms with Crippen LogP contribution in [0.2, 0.25) is 0 Å². The fourth-order valence-electron chi connectivity index (χ4n) is 2.93. The monoisotopic (exact) mass is 262 g/mol. The number of ether oxygens (including phenoxy) is 1. The predicted octanol–water partition coefficient (Wildman–Crippen LogP) is 3.21. The van der Waals surface area contributed by atoms with Crippen molar-refractivity contribution >= 4 is 0 Å². The molecule has 1 heterocycles. The summed E-state index contributed by atoms with van der Waals surface area (Å²) in [4.78, 5) is 0. The van der Waals surface area contributed by atoms with E-state index < -0.39 is 0 Å². The Morgan fingerprint density at radius 3 is 2.84 bits per heavy atom. The second-order valence-corrected chi connectivity index (χ2v) is 5.88. The van der Waals surface area contributed by atoms with E-state index in [0.717, 1.165) is 31.1 Å². The summed E-state index contributed by atoms with van der Waals surface area (Å²) in [6.07, 6.45) is 4.68. The van der Waals surface area contributed by atoms with E-state index in [0.29, 0.717) is 12.0 Å². The van der Waals surface area contributed by atoms with Gasteiger partial charge in [-0.05, 0) is 30.4 Å². The van der Waals surface area contributed by atoms with E-state index in [1.165, 1.54) is 18.4 Å². The topological polar surface area (TPSA) is 47.3 Å². The number of hydrazine groups is 1. The number of nitrogens with one attached hydrogen (secondary N) is 1. The quantitative estimate of drug-likeness (QED) is 0.611. The summed E-state index contributed by atoms with van der Waals surface area (Å²) in [6, 6.07) is 8.70. The van der Waals surface area contributed by atoms with Crippen LogP contribution in [-0.2, 0) is 0 Å². The first-order chi connectivity index (χ1) is 9.22. The summed E-state index contributed by atoms with van der Waals surface area (Å²) in [7, 11) is 0. The van der Waals surface area contributed by atoms with Crippen molar-refractivity contribution in [3.8, 4) is 5.75 Å². The number of hydrogen-bond acceptors (Lipinski definition) is 3. The molecule has 106 valence electrons. The average molecular weight is 262 g/mol. The fraction of sp³-hybridized carbons (Fsp3) is 0.625. The van der Waals surface area contributed by atoms with Gasteiger partial charge >= 0.3 is 0 Å². The molecule has 19 heavy (non-hydrogen) atoms. The Labute approximate surface area is 116 Å². The van der Waals surface area contributed by atoms with E-state index in [9.17, 15) is 0 Å². The summed E-state index contributed by atoms with van der Waals surface area (Å²) in [5, 5.41) is 0. The van der Waals surface area contributed by atoms with Crippen molar-refractivity contribution in [2.24, 2.45) is 11.8 Å². The average Bonchev–Trinajstić information content (AvgIpc) is 2.43. The smallest absolute Gasteiger partial charge is 0.122 e. The lowest BCUT2D eigenvalue weighted by molar-refractivity contribution is 0.239. The minimum Gasteiger partial charge on any atom is -0.493 e. The highest BCUT2D eigenvalue weighted by atomic mass is 16.5. The van der Waals surface area contributed by atoms with Crippen molar-refractivity contribution in [3.05, 3.63) is 29.8 Å². The molecular weight excluding hydrogens is 236 g/mol. The fourth-order valence-corrected chi connectivity index (χ4v) is 2.93. The Morgan fingerprint density at radius 2 is 2.11 bits per heavy atom. The molecular formula is C16H26N2O. The van der Waals surface area contributed by atoms with E-state index in [1.807, 2.05) is 6.07 Å². The third kappa shape index (κ3) is 3.71. The zero-order valence-corrected chi connectivity index (χ0v) is 12.1. The van der Waals surface area contributed by atoms with Crippen molar-refractivity contribution in [2.45, 2.75) is 51.5 Å². The molecule has 2 rings (SSSR count). The highest BCUT2D eigenvalue weighted by Crippen LogP contribution is 2.36. The number of hydrogen-bond donors (Lipinski definition) is 2. The van der Waals surface area contributed by atoms with Gasteiger partial charge in [0.25, 0.3) is 0 Å². The molecule has 3 N–H and O–H groups in total. The molecule has 0 radical (unpaired) electrons. The highest BCUT2D eigenvalue weighted by molar-refractivity contribution is 5.38. The Balaban J connectivity index is 2.03. The molecule has 2 atom stereocenters. The minimum absolute atomic E-state index is 0.351. The van der Waals surface area contributed by atoms with Crippen molar-refractivity contribution in [2.75, 3.05) is 6.61 Å². The van der Waals surface area contributed by atoms with Gasteiger partial charge in [-0.25, -0.2) is 0 Å². The molecule has 0 fully saturated rings. The number of benzene rings is 1. The van der Waals surface area contributed by atoms with Crippen LogP contribution in [-0.4, -0.2) is 12.6 Å². The van der Waals surface area contributed by atoms with Crippen LogP contribution in [0.25, 0.3) is 0 Å². The number of rotatable bonds is 6. The molecule has 0 saturated heterocycles. The van der Waals surface area contributed by atoms with E-state index in [1.54, 1.807) is 0 Å². The van der Waals surface area contributed by atoms with Crippen molar-refractivity contribution in [3.63, 3.8) is 0 Å². The maximum absolute atomic E-state index is 5.79. The van der Waals surface area contributed by atoms with Crippen LogP contribution in [0.5, 0.6) is 5.75 Å². The van der Waals surface area contributed by atoms with Crippen molar-refractivity contribution in [1.82, 2.24) is 5.43 Å². The zero-order valence-electron chi connectivity index (χ0n) is 12.1. The van der Waals surface area contributed by atoms with Gasteiger partial charge in [0.2, 0.25) is 0 Å². The first-order valence-electron chi connectivity index (χ1n) is 7.40. The van der Waals surface area contributed by atoms with Gasteiger partial charge in [0.1, 0.15) is 5.75 Å². The van der Waals surface area contributed by atoms with Crippen molar-refractivity contribution < 1.29 is 4.74 Å². The lowest BCUT2D eigenvalue weighted by atomic mass is 9.84. The molecule has 2 unspecified atom stereocenters. The van der Waals surface area contributed by atoms with Gasteiger partial charge in [-0.15, -0.1) is 0 Å². The predicted molar refractivity (Wildman–Crippen MR) is 79.1 cm³/mol. The molecule has 0 aliphatic carbocycles. The van der Waals surface area contributed by atoms with Crippen LogP contribution < -0.4 is 16.0 Å². The SMILES string of the molecule is CC(C)CCCC(NN)C1CCOc2ccccc21. The summed E-state index contributed by atoms with van der Waals surface area (Å²) >= 11 is 0. The summed E-state index contributed by atoms with van der Waals surface area (Å²) in [5.74, 6) is 8.06. The molecule has 0 aromatic heterocycles. The largest absolute Gasteiger partial charge is 0.493 e. The lowest BCUT2D eigenvalue weighted by Crippen LogP contribution is -2.41. The third-order valence-electron chi connectivity index (χ3n) is 4.00. The van der Waals surface area contributed by atoms with Crippen LogP contribution in [0.1, 0.15) is 51.0 Å². The minimum atomic E-state index is 0.351. The van der Waals surface area contributed by atoms with Gasteiger partial charge in [-0.3, -0.25) is 11.3 Å². The Bertz CT molecular complexity index is 392. The van der Waals surface area contributed by atoms with E-state index in [-0.39, 0.29) is 0 Å². The highest BCUT2D eigenvalue weighted by Gasteiger charge is 2.27. The van der Waals surface area contributed by atoms with Crippen molar-refractivity contribution in [1.29, 1.82) is 0 Å². The molecule has 1 aliphatic rings. The second-order valence-electron chi connectivity index (χ2n) is 5.88. The molecule has 1 aliphatic heterocycles. The third-order valence-corrected chi connectivity index (χ3v) is 4.00. The maximum atomic E-state index is 5.79. The molecule has 0 spiro atoms. The summed E-state index contributed by atoms with van der Waals surface area (Å²) in [6.45, 7) is 5.34. The Morgan fingerprint density at radius 1 is 1.32 bits per heavy atom. The Kier molecular flexibility index (Phi) is 5.23. The molecule has 1 aromatic carbocycles. The van der Waals surface area contributed by atoms with Crippen LogP contribution >= 0.6 is 0 Å². The van der Waals surface area contributed by atoms with E-state index >= 15 is 0 Å². The number of fused-ring (bicyclic) bond motifs is 1. The number of nitrogens with two attached hydrogens (primary N) is 1. The lowest BCUT2D eigenvalue weighted by Gasteiger charge is -2.32. The molecule has 0 amide bonds. The molecule has 3 nitrogen and oxygen atoms in total. The normalized spacial score (nSPS) is 19.9. The molecule has 0 bridgehead atoms. The summed E-state index contributed by atoms with van der Waals surface area (Å²) < 4.78 is 5.72. The standard InChI is InChI=1S/C16H26N2O/c1-12(2)6-5-8-15(18-17)13-10-11-19-16-9-4-3-7-14(13)16/h3-4,7,9,12-13,15,18H,5-6,8,10-11,17H2,1-2H3. The van der Waals surface area contributed by atoms with E-state index in [2.05, 4.69) is 37.5 Å². The van der Waals surface area contributed by atoms with E-state index in [4.69, 9.17) is 10.6 Å². The molecule has 3 heteroatoms. The first-order valence-corrected chi connectivity index (χ1v) is 7.40. The van der Waals surface area contributed by atoms with Gasteiger partial charge in [0.05, 0.1) is 6.61 Å². The van der Waals surface area contributed by atoms with Gasteiger partial charge < -0.3 is 4.74 Å². The Hall–Kier alpha value is -1.06. The van der Waals surface area contributed by atoms with Gasteiger partial charge in [0, 0.05) is 12.0 Å². The van der Waals surface area contributed by atoms with Gasteiger partial charge in [-0.2, -0.15) is 0 Å². The molecule has 0 saturated carbocycles. The zero-order chi connectivity index (χ0) is 13.7. The van der Waals surface area contributed by atoms with Crippen LogP contribution in [0.3, 0.4) is 0 Å². The van der Waals surface area contributed by atoms with Gasteiger partial charge in [-0.1, -0.05) is 44.9 Å². The number of para-hydroxylation sites is 1. The molecule has 1 aromatic rings. The maximum Gasteiger partial charge on any atom is 0.122 e. The van der Waals surface area contributed by atoms with Crippen LogP contribution in [0.4, 0.5) is 0 Å². The summed E-state index contributed by atoms with van der Waals surface area (Å²) in [5.41, 5.74) is 4.34. The van der Waals surface area contributed by atoms with Gasteiger partial charge in [0.15, 0.2) is 0 Å².